The molecule has 1 fully saturated rings. The van der Waals surface area contributed by atoms with Gasteiger partial charge in [-0.05, 0) is 17.7 Å². The number of rotatable bonds is 3. The van der Waals surface area contributed by atoms with Crippen LogP contribution >= 0.6 is 0 Å². The van der Waals surface area contributed by atoms with Crippen molar-refractivity contribution in [3.63, 3.8) is 0 Å². The molecule has 9 heteroatoms. The Bertz CT molecular complexity index is 1090. The molecule has 2 aliphatic heterocycles. The summed E-state index contributed by atoms with van der Waals surface area (Å²) in [5, 5.41) is 0.399. The molecular formula is C19H20FN5O3. The normalized spacial score (nSPS) is 18.5. The molecule has 1 saturated heterocycles. The highest BCUT2D eigenvalue weighted by Crippen LogP contribution is 2.11. The van der Waals surface area contributed by atoms with Gasteiger partial charge in [0.15, 0.2) is 5.35 Å². The maximum Gasteiger partial charge on any atom is 0.277 e. The molecule has 0 radical (unpaired) electrons. The van der Waals surface area contributed by atoms with Gasteiger partial charge in [-0.3, -0.25) is 4.79 Å². The summed E-state index contributed by atoms with van der Waals surface area (Å²) in [5.74, 6) is 0.919. The molecule has 0 aliphatic carbocycles. The van der Waals surface area contributed by atoms with Crippen molar-refractivity contribution in [2.45, 2.75) is 6.42 Å². The van der Waals surface area contributed by atoms with E-state index in [1.54, 1.807) is 23.7 Å². The second kappa shape index (κ2) is 7.43. The van der Waals surface area contributed by atoms with Crippen LogP contribution < -0.4 is 26.5 Å². The number of nitrogens with one attached hydrogen (secondary N) is 1. The molecule has 28 heavy (non-hydrogen) atoms. The third-order valence-electron chi connectivity index (χ3n) is 4.68. The Morgan fingerprint density at radius 1 is 1.25 bits per heavy atom. The van der Waals surface area contributed by atoms with Crippen molar-refractivity contribution in [2.24, 2.45) is 12.0 Å². The van der Waals surface area contributed by atoms with Gasteiger partial charge in [-0.2, -0.15) is 4.99 Å². The number of hydrogen-bond donors (Lipinski definition) is 1. The maximum absolute atomic E-state index is 13.1. The van der Waals surface area contributed by atoms with Gasteiger partial charge in [0, 0.05) is 26.6 Å². The summed E-state index contributed by atoms with van der Waals surface area (Å²) >= 11 is 0. The zero-order chi connectivity index (χ0) is 19.7. The quantitative estimate of drug-likeness (QED) is 0.761. The number of aromatic nitrogens is 2. The van der Waals surface area contributed by atoms with Gasteiger partial charge in [-0.1, -0.05) is 18.7 Å². The summed E-state index contributed by atoms with van der Waals surface area (Å²) < 4.78 is 20.1. The van der Waals surface area contributed by atoms with Crippen molar-refractivity contribution in [1.29, 1.82) is 0 Å². The van der Waals surface area contributed by atoms with Crippen LogP contribution in [0.3, 0.4) is 0 Å². The van der Waals surface area contributed by atoms with Gasteiger partial charge in [-0.15, -0.1) is 0 Å². The van der Waals surface area contributed by atoms with Gasteiger partial charge in [-0.25, -0.2) is 14.9 Å². The standard InChI is InChI=1S/C19H20FN5O3/c1-12-17(26)16(22-19(24(12)2)25-7-9-27-10-8-25)18-21-15(23-28-18)11-13-3-5-14(20)6-4-13/h3-6H,1,7-11H2,2H3,(H,21,23)/b18-16+. The van der Waals surface area contributed by atoms with E-state index >= 15 is 0 Å². The van der Waals surface area contributed by atoms with Crippen LogP contribution in [0.25, 0.3) is 12.5 Å². The van der Waals surface area contributed by atoms with Crippen LogP contribution in [0.1, 0.15) is 5.56 Å². The molecule has 0 atom stereocenters. The summed E-state index contributed by atoms with van der Waals surface area (Å²) in [7, 11) is 1.76. The van der Waals surface area contributed by atoms with Crippen molar-refractivity contribution in [3.05, 3.63) is 56.6 Å². The molecule has 2 aliphatic rings. The van der Waals surface area contributed by atoms with Gasteiger partial charge < -0.3 is 19.0 Å². The lowest BCUT2D eigenvalue weighted by atomic mass is 10.1. The minimum Gasteiger partial charge on any atom is -0.378 e. The van der Waals surface area contributed by atoms with Crippen molar-refractivity contribution >= 4 is 24.2 Å². The largest absolute Gasteiger partial charge is 0.378 e. The van der Waals surface area contributed by atoms with Crippen LogP contribution in [0, 0.1) is 5.82 Å². The molecule has 0 saturated carbocycles. The molecule has 1 aromatic carbocycles. The minimum atomic E-state index is -0.344. The first-order chi connectivity index (χ1) is 13.5. The highest BCUT2D eigenvalue weighted by molar-refractivity contribution is 5.88. The number of hydrogen-bond acceptors (Lipinski definition) is 7. The maximum atomic E-state index is 13.1. The number of ether oxygens (including phenoxy) is 1. The molecule has 1 aromatic heterocycles. The Morgan fingerprint density at radius 2 is 1.96 bits per heavy atom. The van der Waals surface area contributed by atoms with Crippen molar-refractivity contribution in [2.75, 3.05) is 31.2 Å². The number of halogens is 1. The Morgan fingerprint density at radius 3 is 2.68 bits per heavy atom. The third-order valence-corrected chi connectivity index (χ3v) is 4.68. The summed E-state index contributed by atoms with van der Waals surface area (Å²) in [6.45, 7) is 6.41. The van der Waals surface area contributed by atoms with E-state index in [-0.39, 0.29) is 22.5 Å². The first-order valence-corrected chi connectivity index (χ1v) is 8.91. The van der Waals surface area contributed by atoms with Gasteiger partial charge in [0.25, 0.3) is 5.88 Å². The fourth-order valence-electron chi connectivity index (χ4n) is 3.07. The second-order valence-corrected chi connectivity index (χ2v) is 6.57. The fourth-order valence-corrected chi connectivity index (χ4v) is 3.07. The predicted octanol–water partition coefficient (Wildman–Crippen LogP) is -0.592. The molecule has 0 spiro atoms. The first kappa shape index (κ1) is 18.2. The molecule has 1 N–H and O–H groups in total. The number of amidine groups is 1. The van der Waals surface area contributed by atoms with E-state index in [1.807, 2.05) is 4.90 Å². The summed E-state index contributed by atoms with van der Waals surface area (Å²) in [6.07, 6.45) is 0.409. The van der Waals surface area contributed by atoms with Crippen LogP contribution in [-0.2, 0) is 23.0 Å². The second-order valence-electron chi connectivity index (χ2n) is 6.57. The zero-order valence-electron chi connectivity index (χ0n) is 15.4. The highest BCUT2D eigenvalue weighted by Gasteiger charge is 2.20. The SMILES string of the molecule is C=c1c(=O)/c(=C2/N=C(Cc3ccc(F)cc3)NO2)nc(N2CCOCC2)n1C. The van der Waals surface area contributed by atoms with Gasteiger partial charge in [0.1, 0.15) is 11.7 Å². The lowest BCUT2D eigenvalue weighted by Gasteiger charge is -2.29. The van der Waals surface area contributed by atoms with Crippen LogP contribution in [0.4, 0.5) is 10.3 Å². The molecule has 3 heterocycles. The molecule has 8 nitrogen and oxygen atoms in total. The number of anilines is 1. The van der Waals surface area contributed by atoms with Crippen LogP contribution in [-0.4, -0.2) is 41.7 Å². The average molecular weight is 385 g/mol. The molecule has 0 amide bonds. The molecule has 4 rings (SSSR count). The Hall–Kier alpha value is -3.20. The van der Waals surface area contributed by atoms with Crippen LogP contribution in [0.15, 0.2) is 34.1 Å². The number of nitrogens with zero attached hydrogens (tertiary/aromatic N) is 4. The molecule has 146 valence electrons. The Balaban J connectivity index is 1.73. The molecule has 0 unspecified atom stereocenters. The van der Waals surface area contributed by atoms with Crippen molar-refractivity contribution < 1.29 is 14.0 Å². The lowest BCUT2D eigenvalue weighted by Crippen LogP contribution is -2.50. The van der Waals surface area contributed by atoms with Gasteiger partial charge in [0.2, 0.25) is 11.4 Å². The van der Waals surface area contributed by atoms with E-state index in [1.165, 1.54) is 12.1 Å². The van der Waals surface area contributed by atoms with Gasteiger partial charge in [0.05, 0.1) is 18.6 Å². The Kier molecular flexibility index (Phi) is 4.82. The number of benzene rings is 1. The topological polar surface area (TPSA) is 81.0 Å². The third kappa shape index (κ3) is 3.48. The first-order valence-electron chi connectivity index (χ1n) is 8.91. The van der Waals surface area contributed by atoms with E-state index in [2.05, 4.69) is 22.0 Å². The lowest BCUT2D eigenvalue weighted by molar-refractivity contribution is 0.121. The van der Waals surface area contributed by atoms with E-state index < -0.39 is 0 Å². The summed E-state index contributed by atoms with van der Waals surface area (Å²) in [5.41, 5.74) is 3.22. The summed E-state index contributed by atoms with van der Waals surface area (Å²) in [4.78, 5) is 29.0. The van der Waals surface area contributed by atoms with Crippen LogP contribution in [0.2, 0.25) is 0 Å². The van der Waals surface area contributed by atoms with E-state index in [0.717, 1.165) is 5.56 Å². The number of hydroxylamine groups is 1. The monoisotopic (exact) mass is 385 g/mol. The van der Waals surface area contributed by atoms with Gasteiger partial charge >= 0.3 is 0 Å². The predicted molar refractivity (Wildman–Crippen MR) is 102 cm³/mol. The molecule has 2 aromatic rings. The highest BCUT2D eigenvalue weighted by atomic mass is 19.1. The Labute approximate surface area is 160 Å². The minimum absolute atomic E-state index is 0.0992. The number of morpholine rings is 1. The van der Waals surface area contributed by atoms with E-state index in [4.69, 9.17) is 9.57 Å². The van der Waals surface area contributed by atoms with Crippen LogP contribution in [0.5, 0.6) is 0 Å². The summed E-state index contributed by atoms with van der Waals surface area (Å²) in [6, 6.07) is 6.10. The fraction of sp³-hybridized carbons (Fsp3) is 0.316. The van der Waals surface area contributed by atoms with E-state index in [9.17, 15) is 9.18 Å². The smallest absolute Gasteiger partial charge is 0.277 e. The van der Waals surface area contributed by atoms with Crippen molar-refractivity contribution in [3.8, 4) is 0 Å². The van der Waals surface area contributed by atoms with Crippen molar-refractivity contribution in [1.82, 2.24) is 15.0 Å². The zero-order valence-corrected chi connectivity index (χ0v) is 15.4. The number of aliphatic imine (C=N–C) groups is 1. The molecule has 0 bridgehead atoms. The van der Waals surface area contributed by atoms with E-state index in [0.29, 0.717) is 49.9 Å². The molecular weight excluding hydrogens is 365 g/mol. The average Bonchev–Trinajstić information content (AvgIpc) is 3.17.